The number of fused-ring (bicyclic) bond motifs is 3. The normalized spacial score (nSPS) is 11.0. The van der Waals surface area contributed by atoms with Gasteiger partial charge >= 0.3 is 5.63 Å². The Morgan fingerprint density at radius 1 is 0.957 bits per heavy atom. The highest BCUT2D eigenvalue weighted by Crippen LogP contribution is 2.26. The zero-order valence-corrected chi connectivity index (χ0v) is 12.2. The van der Waals surface area contributed by atoms with Crippen LogP contribution in [0.15, 0.2) is 70.3 Å². The van der Waals surface area contributed by atoms with Crippen LogP contribution in [0, 0.1) is 0 Å². The summed E-state index contributed by atoms with van der Waals surface area (Å²) in [5.74, 6) is 0.527. The molecule has 0 saturated carbocycles. The van der Waals surface area contributed by atoms with E-state index in [1.165, 1.54) is 0 Å². The van der Waals surface area contributed by atoms with Crippen molar-refractivity contribution in [3.63, 3.8) is 0 Å². The van der Waals surface area contributed by atoms with Crippen LogP contribution < -0.4 is 10.9 Å². The topological polar surface area (TPSA) is 68.0 Å². The second-order valence-corrected chi connectivity index (χ2v) is 5.18. The van der Waals surface area contributed by atoms with E-state index in [1.807, 2.05) is 36.4 Å². The van der Waals surface area contributed by atoms with Gasteiger partial charge in [-0.1, -0.05) is 18.2 Å². The Morgan fingerprint density at radius 2 is 1.78 bits per heavy atom. The van der Waals surface area contributed by atoms with E-state index < -0.39 is 0 Å². The molecule has 0 saturated heterocycles. The molecule has 0 amide bonds. The molecule has 3 aromatic heterocycles. The van der Waals surface area contributed by atoms with Crippen LogP contribution in [0.5, 0.6) is 0 Å². The van der Waals surface area contributed by atoms with Gasteiger partial charge in [-0.3, -0.25) is 4.98 Å². The van der Waals surface area contributed by atoms with Gasteiger partial charge in [0.2, 0.25) is 0 Å². The number of nitrogens with one attached hydrogen (secondary N) is 1. The second-order valence-electron chi connectivity index (χ2n) is 5.18. The SMILES string of the molecule is O=c1oc2ccccc2c2ccnc(NCc3ccncc3)c12. The van der Waals surface area contributed by atoms with E-state index in [2.05, 4.69) is 15.3 Å². The van der Waals surface area contributed by atoms with Gasteiger partial charge < -0.3 is 9.73 Å². The maximum absolute atomic E-state index is 12.4. The van der Waals surface area contributed by atoms with Gasteiger partial charge in [0.05, 0.1) is 0 Å². The minimum Gasteiger partial charge on any atom is -0.422 e. The van der Waals surface area contributed by atoms with Crippen molar-refractivity contribution in [3.05, 3.63) is 77.0 Å². The van der Waals surface area contributed by atoms with E-state index in [9.17, 15) is 4.79 Å². The number of pyridine rings is 2. The third kappa shape index (κ3) is 2.42. The molecular weight excluding hydrogens is 290 g/mol. The van der Waals surface area contributed by atoms with E-state index in [-0.39, 0.29) is 5.63 Å². The first-order valence-corrected chi connectivity index (χ1v) is 7.26. The fourth-order valence-electron chi connectivity index (χ4n) is 2.64. The molecule has 0 unspecified atom stereocenters. The van der Waals surface area contributed by atoms with E-state index in [0.29, 0.717) is 23.3 Å². The highest BCUT2D eigenvalue weighted by molar-refractivity contribution is 6.07. The van der Waals surface area contributed by atoms with Gasteiger partial charge in [-0.2, -0.15) is 0 Å². The molecular formula is C18H13N3O2. The lowest BCUT2D eigenvalue weighted by Crippen LogP contribution is -2.08. The minimum atomic E-state index is -0.385. The summed E-state index contributed by atoms with van der Waals surface area (Å²) in [6, 6.07) is 13.2. The minimum absolute atomic E-state index is 0.385. The lowest BCUT2D eigenvalue weighted by Gasteiger charge is -2.09. The van der Waals surface area contributed by atoms with Crippen molar-refractivity contribution in [2.45, 2.75) is 6.54 Å². The first kappa shape index (κ1) is 13.5. The zero-order chi connectivity index (χ0) is 15.6. The van der Waals surface area contributed by atoms with Crippen LogP contribution in [0.2, 0.25) is 0 Å². The fraction of sp³-hybridized carbons (Fsp3) is 0.0556. The summed E-state index contributed by atoms with van der Waals surface area (Å²) in [6.45, 7) is 0.556. The average Bonchev–Trinajstić information content (AvgIpc) is 2.61. The van der Waals surface area contributed by atoms with Crippen LogP contribution in [0.25, 0.3) is 21.7 Å². The third-order valence-electron chi connectivity index (χ3n) is 3.74. The number of hydrogen-bond acceptors (Lipinski definition) is 5. The largest absolute Gasteiger partial charge is 0.422 e. The van der Waals surface area contributed by atoms with Gasteiger partial charge in [-0.25, -0.2) is 9.78 Å². The smallest absolute Gasteiger partial charge is 0.347 e. The monoisotopic (exact) mass is 303 g/mol. The second kappa shape index (κ2) is 5.53. The van der Waals surface area contributed by atoms with Gasteiger partial charge in [0, 0.05) is 35.9 Å². The van der Waals surface area contributed by atoms with E-state index >= 15 is 0 Å². The Labute approximate surface area is 131 Å². The standard InChI is InChI=1S/C18H13N3O2/c22-18-16-14(13-3-1-2-4-15(13)23-18)7-10-20-17(16)21-11-12-5-8-19-9-6-12/h1-10H,11H2,(H,20,21). The highest BCUT2D eigenvalue weighted by atomic mass is 16.4. The van der Waals surface area contributed by atoms with Crippen molar-refractivity contribution < 1.29 is 4.42 Å². The van der Waals surface area contributed by atoms with Crippen LogP contribution in [0.4, 0.5) is 5.82 Å². The summed E-state index contributed by atoms with van der Waals surface area (Å²) in [4.78, 5) is 20.7. The van der Waals surface area contributed by atoms with Crippen LogP contribution in [0.3, 0.4) is 0 Å². The van der Waals surface area contributed by atoms with Gasteiger partial charge in [0.15, 0.2) is 0 Å². The number of aromatic nitrogens is 2. The van der Waals surface area contributed by atoms with Crippen LogP contribution in [-0.2, 0) is 6.54 Å². The molecule has 112 valence electrons. The van der Waals surface area contributed by atoms with E-state index in [1.54, 1.807) is 24.7 Å². The molecule has 0 atom stereocenters. The Kier molecular flexibility index (Phi) is 3.24. The number of para-hydroxylation sites is 1. The van der Waals surface area contributed by atoms with Gasteiger partial charge in [0.25, 0.3) is 0 Å². The number of rotatable bonds is 3. The molecule has 0 radical (unpaired) electrons. The van der Waals surface area contributed by atoms with E-state index in [0.717, 1.165) is 16.3 Å². The molecule has 0 aliphatic rings. The number of nitrogens with zero attached hydrogens (tertiary/aromatic N) is 2. The Balaban J connectivity index is 1.84. The third-order valence-corrected chi connectivity index (χ3v) is 3.74. The predicted octanol–water partition coefficient (Wildman–Crippen LogP) is 3.35. The van der Waals surface area contributed by atoms with Crippen molar-refractivity contribution in [3.8, 4) is 0 Å². The molecule has 0 aliphatic heterocycles. The quantitative estimate of drug-likeness (QED) is 0.464. The first-order valence-electron chi connectivity index (χ1n) is 7.26. The first-order chi connectivity index (χ1) is 11.3. The maximum atomic E-state index is 12.4. The number of hydrogen-bond donors (Lipinski definition) is 1. The molecule has 0 aliphatic carbocycles. The summed E-state index contributed by atoms with van der Waals surface area (Å²) in [5, 5.41) is 5.42. The summed E-state index contributed by atoms with van der Waals surface area (Å²) >= 11 is 0. The molecule has 0 fully saturated rings. The lowest BCUT2D eigenvalue weighted by molar-refractivity contribution is 0.569. The molecule has 0 spiro atoms. The zero-order valence-electron chi connectivity index (χ0n) is 12.2. The predicted molar refractivity (Wildman–Crippen MR) is 89.3 cm³/mol. The molecule has 1 aromatic carbocycles. The Bertz CT molecular complexity index is 1040. The van der Waals surface area contributed by atoms with Gasteiger partial charge in [-0.15, -0.1) is 0 Å². The Morgan fingerprint density at radius 3 is 2.65 bits per heavy atom. The fourth-order valence-corrected chi connectivity index (χ4v) is 2.64. The van der Waals surface area contributed by atoms with Crippen LogP contribution in [0.1, 0.15) is 5.56 Å². The van der Waals surface area contributed by atoms with Crippen LogP contribution in [-0.4, -0.2) is 9.97 Å². The van der Waals surface area contributed by atoms with E-state index in [4.69, 9.17) is 4.42 Å². The molecule has 3 heterocycles. The summed E-state index contributed by atoms with van der Waals surface area (Å²) in [7, 11) is 0. The number of benzene rings is 1. The van der Waals surface area contributed by atoms with Gasteiger partial charge in [0.1, 0.15) is 16.8 Å². The summed E-state index contributed by atoms with van der Waals surface area (Å²) < 4.78 is 5.42. The molecule has 5 heteroatoms. The van der Waals surface area contributed by atoms with Crippen molar-refractivity contribution >= 4 is 27.6 Å². The van der Waals surface area contributed by atoms with Crippen LogP contribution >= 0.6 is 0 Å². The summed E-state index contributed by atoms with van der Waals surface area (Å²) in [6.07, 6.45) is 5.16. The van der Waals surface area contributed by atoms with Crippen molar-refractivity contribution in [2.75, 3.05) is 5.32 Å². The molecule has 5 nitrogen and oxygen atoms in total. The lowest BCUT2D eigenvalue weighted by atomic mass is 10.1. The average molecular weight is 303 g/mol. The molecule has 1 N–H and O–H groups in total. The van der Waals surface area contributed by atoms with Gasteiger partial charge in [-0.05, 0) is 29.8 Å². The van der Waals surface area contributed by atoms with Crippen molar-refractivity contribution in [2.24, 2.45) is 0 Å². The molecule has 4 rings (SSSR count). The molecule has 4 aromatic rings. The molecule has 0 bridgehead atoms. The maximum Gasteiger partial charge on any atom is 0.347 e. The summed E-state index contributed by atoms with van der Waals surface area (Å²) in [5.41, 5.74) is 1.25. The van der Waals surface area contributed by atoms with Crippen molar-refractivity contribution in [1.29, 1.82) is 0 Å². The Hall–Kier alpha value is -3.21. The van der Waals surface area contributed by atoms with Crippen molar-refractivity contribution in [1.82, 2.24) is 9.97 Å². The highest BCUT2D eigenvalue weighted by Gasteiger charge is 2.11. The molecule has 23 heavy (non-hydrogen) atoms. The number of anilines is 1.